The number of para-hydroxylation sites is 1. The summed E-state index contributed by atoms with van der Waals surface area (Å²) in [5.41, 5.74) is 6.21. The summed E-state index contributed by atoms with van der Waals surface area (Å²) in [4.78, 5) is 18.2. The molecule has 0 unspecified atom stereocenters. The van der Waals surface area contributed by atoms with Crippen LogP contribution in [0.5, 0.6) is 0 Å². The largest absolute Gasteiger partial charge is 0.457 e. The fraction of sp³-hybridized carbons (Fsp3) is 0.111. The molecule has 4 aromatic rings. The summed E-state index contributed by atoms with van der Waals surface area (Å²) < 4.78 is 5.71. The number of nitrogens with zero attached hydrogens (tertiary/aromatic N) is 1. The third kappa shape index (κ3) is 4.14. The van der Waals surface area contributed by atoms with Gasteiger partial charge in [-0.15, -0.1) is 0 Å². The number of allylic oxidation sites excluding steroid dienone is 1. The maximum Gasteiger partial charge on any atom is 0.339 e. The molecule has 0 amide bonds. The second kappa shape index (κ2) is 8.78. The predicted molar refractivity (Wildman–Crippen MR) is 130 cm³/mol. The van der Waals surface area contributed by atoms with Crippen molar-refractivity contribution >= 4 is 51.7 Å². The number of benzene rings is 3. The highest BCUT2D eigenvalue weighted by Gasteiger charge is 2.27. The molecule has 0 N–H and O–H groups in total. The molecule has 3 nitrogen and oxygen atoms in total. The van der Waals surface area contributed by atoms with Crippen molar-refractivity contribution in [3.8, 4) is 0 Å². The Balaban J connectivity index is 1.54. The molecular weight excluding hydrogens is 441 g/mol. The van der Waals surface area contributed by atoms with Gasteiger partial charge in [0.1, 0.15) is 6.61 Å². The minimum Gasteiger partial charge on any atom is -0.457 e. The van der Waals surface area contributed by atoms with Crippen molar-refractivity contribution in [2.45, 2.75) is 19.4 Å². The van der Waals surface area contributed by atoms with Gasteiger partial charge in [-0.05, 0) is 71.5 Å². The van der Waals surface area contributed by atoms with E-state index in [0.717, 1.165) is 51.7 Å². The molecule has 0 aliphatic heterocycles. The molecule has 3 aromatic carbocycles. The molecular formula is C27H19Cl2NO2. The number of ether oxygens (including phenoxy) is 1. The molecule has 0 saturated heterocycles. The van der Waals surface area contributed by atoms with Crippen LogP contribution in [-0.2, 0) is 17.8 Å². The Labute approximate surface area is 196 Å². The fourth-order valence-corrected chi connectivity index (χ4v) is 4.46. The zero-order valence-electron chi connectivity index (χ0n) is 17.1. The van der Waals surface area contributed by atoms with E-state index in [1.54, 1.807) is 12.1 Å². The molecule has 0 spiro atoms. The summed E-state index contributed by atoms with van der Waals surface area (Å²) >= 11 is 12.1. The Kier molecular flexibility index (Phi) is 5.69. The highest BCUT2D eigenvalue weighted by Crippen LogP contribution is 2.38. The van der Waals surface area contributed by atoms with E-state index in [4.69, 9.17) is 32.9 Å². The number of hydrogen-bond acceptors (Lipinski definition) is 3. The Morgan fingerprint density at radius 2 is 1.75 bits per heavy atom. The molecule has 1 aromatic heterocycles. The number of fused-ring (bicyclic) bond motifs is 2. The highest BCUT2D eigenvalue weighted by atomic mass is 35.5. The lowest BCUT2D eigenvalue weighted by Crippen LogP contribution is -2.10. The van der Waals surface area contributed by atoms with E-state index in [9.17, 15) is 4.79 Å². The molecule has 1 heterocycles. The average Bonchev–Trinajstić information content (AvgIpc) is 3.19. The third-order valence-electron chi connectivity index (χ3n) is 5.62. The number of esters is 1. The van der Waals surface area contributed by atoms with Gasteiger partial charge in [0.2, 0.25) is 0 Å². The number of hydrogen-bond donors (Lipinski definition) is 0. The van der Waals surface area contributed by atoms with Crippen LogP contribution >= 0.6 is 23.2 Å². The van der Waals surface area contributed by atoms with E-state index in [-0.39, 0.29) is 12.6 Å². The lowest BCUT2D eigenvalue weighted by atomic mass is 10.0. The number of halogens is 2. The normalized spacial score (nSPS) is 14.0. The Morgan fingerprint density at radius 3 is 2.56 bits per heavy atom. The van der Waals surface area contributed by atoms with Gasteiger partial charge in [-0.25, -0.2) is 9.78 Å². The Hall–Kier alpha value is -3.14. The lowest BCUT2D eigenvalue weighted by molar-refractivity contribution is 0.0474. The molecule has 1 aliphatic carbocycles. The fourth-order valence-electron chi connectivity index (χ4n) is 4.12. The lowest BCUT2D eigenvalue weighted by Gasteiger charge is -2.12. The number of carbonyl (C=O) groups excluding carboxylic acids is 1. The predicted octanol–water partition coefficient (Wildman–Crippen LogP) is 7.39. The summed E-state index contributed by atoms with van der Waals surface area (Å²) in [5.74, 6) is -0.340. The average molecular weight is 460 g/mol. The molecule has 32 heavy (non-hydrogen) atoms. The summed E-state index contributed by atoms with van der Waals surface area (Å²) in [6, 6.07) is 22.8. The third-order valence-corrected chi connectivity index (χ3v) is 6.10. The van der Waals surface area contributed by atoms with Gasteiger partial charge in [0, 0.05) is 15.4 Å². The standard InChI is InChI=1S/C27H19Cl2NO2/c28-20-11-8-17(9-12-20)14-19-10-13-23-25(22-6-1-2-7-24(22)30-26(19)23)27(31)32-16-18-4-3-5-21(29)15-18/h1-9,11-12,14-15H,10,13,16H2/b19-14-. The second-order valence-corrected chi connectivity index (χ2v) is 8.63. The first kappa shape index (κ1) is 20.7. The van der Waals surface area contributed by atoms with Crippen LogP contribution in [0.3, 0.4) is 0 Å². The van der Waals surface area contributed by atoms with Gasteiger partial charge in [0.25, 0.3) is 0 Å². The first-order valence-corrected chi connectivity index (χ1v) is 11.1. The molecule has 0 bridgehead atoms. The highest BCUT2D eigenvalue weighted by molar-refractivity contribution is 6.30. The van der Waals surface area contributed by atoms with Gasteiger partial charge in [0.05, 0.1) is 16.8 Å². The number of pyridine rings is 1. The summed E-state index contributed by atoms with van der Waals surface area (Å²) in [7, 11) is 0. The Morgan fingerprint density at radius 1 is 0.938 bits per heavy atom. The van der Waals surface area contributed by atoms with Gasteiger partial charge in [-0.1, -0.05) is 65.7 Å². The van der Waals surface area contributed by atoms with E-state index < -0.39 is 0 Å². The smallest absolute Gasteiger partial charge is 0.339 e. The SMILES string of the molecule is O=C(OCc1cccc(Cl)c1)c1c2c(nc3ccccc13)/C(=C\c1ccc(Cl)cc1)CC2. The van der Waals surface area contributed by atoms with E-state index in [2.05, 4.69) is 6.08 Å². The molecule has 0 radical (unpaired) electrons. The quantitative estimate of drug-likeness (QED) is 0.298. The van der Waals surface area contributed by atoms with E-state index in [1.807, 2.05) is 60.7 Å². The van der Waals surface area contributed by atoms with Crippen LogP contribution in [0.2, 0.25) is 10.0 Å². The zero-order valence-corrected chi connectivity index (χ0v) is 18.7. The van der Waals surface area contributed by atoms with Crippen LogP contribution in [0.15, 0.2) is 72.8 Å². The maximum absolute atomic E-state index is 13.3. The monoisotopic (exact) mass is 459 g/mol. The van der Waals surface area contributed by atoms with Crippen LogP contribution < -0.4 is 0 Å². The second-order valence-electron chi connectivity index (χ2n) is 7.76. The van der Waals surface area contributed by atoms with Gasteiger partial charge in [-0.3, -0.25) is 0 Å². The molecule has 5 rings (SSSR count). The number of rotatable bonds is 4. The molecule has 0 fully saturated rings. The van der Waals surface area contributed by atoms with Crippen molar-refractivity contribution < 1.29 is 9.53 Å². The first-order valence-electron chi connectivity index (χ1n) is 10.4. The zero-order chi connectivity index (χ0) is 22.1. The van der Waals surface area contributed by atoms with Crippen molar-refractivity contribution in [3.63, 3.8) is 0 Å². The molecule has 0 saturated carbocycles. The Bertz CT molecular complexity index is 1360. The number of aromatic nitrogens is 1. The van der Waals surface area contributed by atoms with E-state index >= 15 is 0 Å². The van der Waals surface area contributed by atoms with Crippen LogP contribution in [0.4, 0.5) is 0 Å². The summed E-state index contributed by atoms with van der Waals surface area (Å²) in [6.07, 6.45) is 3.68. The first-order chi connectivity index (χ1) is 15.6. The van der Waals surface area contributed by atoms with Crippen LogP contribution in [0.1, 0.15) is 39.2 Å². The van der Waals surface area contributed by atoms with Crippen molar-refractivity contribution in [2.75, 3.05) is 0 Å². The van der Waals surface area contributed by atoms with Crippen molar-refractivity contribution in [3.05, 3.63) is 111 Å². The van der Waals surface area contributed by atoms with Crippen LogP contribution in [-0.4, -0.2) is 11.0 Å². The minimum absolute atomic E-state index is 0.165. The van der Waals surface area contributed by atoms with Gasteiger partial charge in [0.15, 0.2) is 0 Å². The number of carbonyl (C=O) groups is 1. The minimum atomic E-state index is -0.340. The van der Waals surface area contributed by atoms with Gasteiger partial charge >= 0.3 is 5.97 Å². The van der Waals surface area contributed by atoms with E-state index in [1.165, 1.54) is 0 Å². The molecule has 158 valence electrons. The van der Waals surface area contributed by atoms with Gasteiger partial charge < -0.3 is 4.74 Å². The summed E-state index contributed by atoms with van der Waals surface area (Å²) in [5, 5.41) is 2.13. The topological polar surface area (TPSA) is 39.2 Å². The van der Waals surface area contributed by atoms with Gasteiger partial charge in [-0.2, -0.15) is 0 Å². The summed E-state index contributed by atoms with van der Waals surface area (Å²) in [6.45, 7) is 0.165. The molecule has 5 heteroatoms. The van der Waals surface area contributed by atoms with Crippen LogP contribution in [0.25, 0.3) is 22.6 Å². The van der Waals surface area contributed by atoms with Crippen molar-refractivity contribution in [1.82, 2.24) is 4.98 Å². The maximum atomic E-state index is 13.3. The molecule has 1 aliphatic rings. The molecule has 0 atom stereocenters. The van der Waals surface area contributed by atoms with Crippen molar-refractivity contribution in [1.29, 1.82) is 0 Å². The van der Waals surface area contributed by atoms with Crippen LogP contribution in [0, 0.1) is 0 Å². The van der Waals surface area contributed by atoms with Crippen molar-refractivity contribution in [2.24, 2.45) is 0 Å². The van der Waals surface area contributed by atoms with E-state index in [0.29, 0.717) is 15.6 Å².